The Morgan fingerprint density at radius 3 is 2.38 bits per heavy atom. The second kappa shape index (κ2) is 12.2. The number of rotatable bonds is 7. The molecule has 2 aliphatic rings. The molecule has 0 aliphatic carbocycles. The van der Waals surface area contributed by atoms with E-state index in [0.29, 0.717) is 25.2 Å². The Balaban J connectivity index is 1.27. The Kier molecular flexibility index (Phi) is 8.49. The topological polar surface area (TPSA) is 45.2 Å². The first-order valence-electron chi connectivity index (χ1n) is 13.5. The molecule has 0 bridgehead atoms. The van der Waals surface area contributed by atoms with Crippen LogP contribution >= 0.6 is 0 Å². The SMILES string of the molecule is COc1cccc(N2CCN(C[C@H]3CN(C(=O)OCc4ccccc4)C[C@H]3c3cccc(C(F)(F)F)c3)CC2)c1. The zero-order valence-corrected chi connectivity index (χ0v) is 22.5. The summed E-state index contributed by atoms with van der Waals surface area (Å²) in [6.45, 7) is 4.90. The van der Waals surface area contributed by atoms with Crippen LogP contribution in [0.1, 0.15) is 22.6 Å². The summed E-state index contributed by atoms with van der Waals surface area (Å²) >= 11 is 0. The van der Waals surface area contributed by atoms with Crippen molar-refractivity contribution < 1.29 is 27.4 Å². The molecule has 40 heavy (non-hydrogen) atoms. The van der Waals surface area contributed by atoms with E-state index in [2.05, 4.69) is 15.9 Å². The molecule has 0 spiro atoms. The molecule has 0 radical (unpaired) electrons. The molecule has 2 atom stereocenters. The van der Waals surface area contributed by atoms with Gasteiger partial charge in [-0.25, -0.2) is 4.79 Å². The van der Waals surface area contributed by atoms with Gasteiger partial charge in [-0.2, -0.15) is 13.2 Å². The monoisotopic (exact) mass is 553 g/mol. The number of hydrogen-bond donors (Lipinski definition) is 0. The molecule has 0 saturated carbocycles. The van der Waals surface area contributed by atoms with Gasteiger partial charge in [-0.15, -0.1) is 0 Å². The van der Waals surface area contributed by atoms with Gasteiger partial charge in [0.1, 0.15) is 12.4 Å². The van der Waals surface area contributed by atoms with Gasteiger partial charge in [-0.05, 0) is 35.2 Å². The normalized spacial score (nSPS) is 20.0. The van der Waals surface area contributed by atoms with Gasteiger partial charge in [-0.3, -0.25) is 4.90 Å². The van der Waals surface area contributed by atoms with Gasteiger partial charge in [0.2, 0.25) is 0 Å². The van der Waals surface area contributed by atoms with E-state index in [9.17, 15) is 18.0 Å². The second-order valence-corrected chi connectivity index (χ2v) is 10.4. The molecule has 3 aromatic rings. The van der Waals surface area contributed by atoms with Crippen LogP contribution in [0.3, 0.4) is 0 Å². The lowest BCUT2D eigenvalue weighted by atomic mass is 9.87. The van der Waals surface area contributed by atoms with Crippen molar-refractivity contribution in [3.8, 4) is 5.75 Å². The van der Waals surface area contributed by atoms with Crippen molar-refractivity contribution in [1.29, 1.82) is 0 Å². The van der Waals surface area contributed by atoms with Crippen LogP contribution in [0.2, 0.25) is 0 Å². The third kappa shape index (κ3) is 6.70. The van der Waals surface area contributed by atoms with Crippen molar-refractivity contribution >= 4 is 11.8 Å². The predicted molar refractivity (Wildman–Crippen MR) is 148 cm³/mol. The minimum Gasteiger partial charge on any atom is -0.497 e. The number of ether oxygens (including phenoxy) is 2. The molecule has 212 valence electrons. The van der Waals surface area contributed by atoms with E-state index < -0.39 is 17.8 Å². The van der Waals surface area contributed by atoms with E-state index in [0.717, 1.165) is 49.2 Å². The molecule has 2 saturated heterocycles. The highest BCUT2D eigenvalue weighted by atomic mass is 19.4. The maximum absolute atomic E-state index is 13.5. The molecular formula is C31H34F3N3O3. The van der Waals surface area contributed by atoms with Crippen molar-refractivity contribution in [2.75, 3.05) is 57.8 Å². The fourth-order valence-electron chi connectivity index (χ4n) is 5.67. The van der Waals surface area contributed by atoms with Crippen LogP contribution in [0.15, 0.2) is 78.9 Å². The van der Waals surface area contributed by atoms with Crippen LogP contribution in [0.4, 0.5) is 23.7 Å². The van der Waals surface area contributed by atoms with Crippen LogP contribution in [-0.4, -0.2) is 68.8 Å². The molecule has 0 aromatic heterocycles. The number of methoxy groups -OCH3 is 1. The highest BCUT2D eigenvalue weighted by molar-refractivity contribution is 5.68. The zero-order valence-electron chi connectivity index (χ0n) is 22.5. The number of hydrogen-bond acceptors (Lipinski definition) is 5. The second-order valence-electron chi connectivity index (χ2n) is 10.4. The van der Waals surface area contributed by atoms with E-state index in [4.69, 9.17) is 9.47 Å². The molecular weight excluding hydrogens is 519 g/mol. The van der Waals surface area contributed by atoms with Crippen molar-refractivity contribution in [3.05, 3.63) is 95.6 Å². The minimum atomic E-state index is -4.42. The molecule has 2 aliphatic heterocycles. The summed E-state index contributed by atoms with van der Waals surface area (Å²) in [6.07, 6.45) is -4.86. The summed E-state index contributed by atoms with van der Waals surface area (Å²) in [4.78, 5) is 19.3. The number of carbonyl (C=O) groups excluding carboxylic acids is 1. The summed E-state index contributed by atoms with van der Waals surface area (Å²) in [7, 11) is 1.65. The molecule has 2 fully saturated rings. The molecule has 5 rings (SSSR count). The first-order valence-corrected chi connectivity index (χ1v) is 13.5. The first kappa shape index (κ1) is 27.8. The lowest BCUT2D eigenvalue weighted by Gasteiger charge is -2.38. The van der Waals surface area contributed by atoms with Crippen molar-refractivity contribution in [3.63, 3.8) is 0 Å². The van der Waals surface area contributed by atoms with Gasteiger partial charge in [0.25, 0.3) is 0 Å². The number of benzene rings is 3. The summed E-state index contributed by atoms with van der Waals surface area (Å²) in [5.41, 5.74) is 1.93. The molecule has 0 unspecified atom stereocenters. The minimum absolute atomic E-state index is 0.0175. The summed E-state index contributed by atoms with van der Waals surface area (Å²) < 4.78 is 51.5. The number of nitrogens with zero attached hydrogens (tertiary/aromatic N) is 3. The Morgan fingerprint density at radius 2 is 1.65 bits per heavy atom. The molecule has 2 heterocycles. The van der Waals surface area contributed by atoms with Crippen LogP contribution in [0, 0.1) is 5.92 Å². The number of alkyl halides is 3. The van der Waals surface area contributed by atoms with E-state index >= 15 is 0 Å². The zero-order chi connectivity index (χ0) is 28.1. The average molecular weight is 554 g/mol. The maximum atomic E-state index is 13.5. The Labute approximate surface area is 232 Å². The highest BCUT2D eigenvalue weighted by Crippen LogP contribution is 2.37. The number of amides is 1. The third-order valence-electron chi connectivity index (χ3n) is 7.83. The average Bonchev–Trinajstić information content (AvgIpc) is 3.40. The van der Waals surface area contributed by atoms with Gasteiger partial charge < -0.3 is 19.3 Å². The number of anilines is 1. The van der Waals surface area contributed by atoms with Gasteiger partial charge in [-0.1, -0.05) is 54.6 Å². The molecule has 1 amide bonds. The summed E-state index contributed by atoms with van der Waals surface area (Å²) in [5, 5.41) is 0. The summed E-state index contributed by atoms with van der Waals surface area (Å²) in [5.74, 6) is 0.577. The molecule has 0 N–H and O–H groups in total. The van der Waals surface area contributed by atoms with E-state index in [1.54, 1.807) is 18.1 Å². The fraction of sp³-hybridized carbons (Fsp3) is 0.387. The summed E-state index contributed by atoms with van der Waals surface area (Å²) in [6, 6.07) is 22.9. The number of halogens is 3. The Hall–Kier alpha value is -3.72. The van der Waals surface area contributed by atoms with Gasteiger partial charge in [0, 0.05) is 63.5 Å². The van der Waals surface area contributed by atoms with Gasteiger partial charge in [0.05, 0.1) is 12.7 Å². The van der Waals surface area contributed by atoms with E-state index in [1.807, 2.05) is 48.5 Å². The van der Waals surface area contributed by atoms with Gasteiger partial charge >= 0.3 is 12.3 Å². The largest absolute Gasteiger partial charge is 0.497 e. The van der Waals surface area contributed by atoms with E-state index in [-0.39, 0.29) is 18.4 Å². The Morgan fingerprint density at radius 1 is 0.900 bits per heavy atom. The van der Waals surface area contributed by atoms with Crippen molar-refractivity contribution in [1.82, 2.24) is 9.80 Å². The van der Waals surface area contributed by atoms with Crippen molar-refractivity contribution in [2.45, 2.75) is 18.7 Å². The van der Waals surface area contributed by atoms with Gasteiger partial charge in [0.15, 0.2) is 0 Å². The van der Waals surface area contributed by atoms with Crippen LogP contribution < -0.4 is 9.64 Å². The third-order valence-corrected chi connectivity index (χ3v) is 7.83. The molecule has 3 aromatic carbocycles. The van der Waals surface area contributed by atoms with Crippen LogP contribution in [-0.2, 0) is 17.5 Å². The van der Waals surface area contributed by atoms with Crippen LogP contribution in [0.5, 0.6) is 5.75 Å². The molecule has 6 nitrogen and oxygen atoms in total. The van der Waals surface area contributed by atoms with Crippen LogP contribution in [0.25, 0.3) is 0 Å². The number of likely N-dealkylation sites (tertiary alicyclic amines) is 1. The standard InChI is InChI=1S/C31H34F3N3O3/c1-39-28-12-6-11-27(18-28)36-15-13-35(14-16-36)19-25-20-37(30(38)40-22-23-7-3-2-4-8-23)21-29(25)24-9-5-10-26(17-24)31(32,33)34/h2-12,17-18,25,29H,13-16,19-22H2,1H3/t25-,29-/m0/s1. The predicted octanol–water partition coefficient (Wildman–Crippen LogP) is 5.89. The lowest BCUT2D eigenvalue weighted by molar-refractivity contribution is -0.137. The highest BCUT2D eigenvalue weighted by Gasteiger charge is 2.39. The van der Waals surface area contributed by atoms with E-state index in [1.165, 1.54) is 12.1 Å². The lowest BCUT2D eigenvalue weighted by Crippen LogP contribution is -2.48. The first-order chi connectivity index (χ1) is 19.3. The number of carbonyl (C=O) groups is 1. The molecule has 9 heteroatoms. The maximum Gasteiger partial charge on any atom is 0.416 e. The quantitative estimate of drug-likeness (QED) is 0.365. The van der Waals surface area contributed by atoms with Crippen molar-refractivity contribution in [2.24, 2.45) is 5.92 Å². The Bertz CT molecular complexity index is 1280. The fourth-order valence-corrected chi connectivity index (χ4v) is 5.67. The smallest absolute Gasteiger partial charge is 0.416 e. The number of piperazine rings is 1.